The Kier molecular flexibility index (Phi) is 10.7. The summed E-state index contributed by atoms with van der Waals surface area (Å²) in [6, 6.07) is 8.50. The van der Waals surface area contributed by atoms with Gasteiger partial charge in [0, 0.05) is 16.3 Å². The molecule has 0 aliphatic carbocycles. The number of nitrogens with zero attached hydrogens (tertiary/aromatic N) is 1. The minimum Gasteiger partial charge on any atom is -0.302 e. The van der Waals surface area contributed by atoms with Gasteiger partial charge in [-0.3, -0.25) is 0 Å². The van der Waals surface area contributed by atoms with Crippen molar-refractivity contribution >= 4 is 31.9 Å². The van der Waals surface area contributed by atoms with Gasteiger partial charge in [0.2, 0.25) is 0 Å². The van der Waals surface area contributed by atoms with Crippen molar-refractivity contribution in [2.24, 2.45) is 0 Å². The van der Waals surface area contributed by atoms with E-state index in [0.717, 1.165) is 11.9 Å². The van der Waals surface area contributed by atoms with Gasteiger partial charge in [0.15, 0.2) is 0 Å². The van der Waals surface area contributed by atoms with Gasteiger partial charge in [0.1, 0.15) is 0 Å². The summed E-state index contributed by atoms with van der Waals surface area (Å²) in [5.41, 5.74) is 1.38. The van der Waals surface area contributed by atoms with E-state index in [9.17, 15) is 0 Å². The molecule has 0 saturated carbocycles. The zero-order chi connectivity index (χ0) is 14.6. The average Bonchev–Trinajstić information content (AvgIpc) is 2.44. The Morgan fingerprint density at radius 2 is 1.50 bits per heavy atom. The molecule has 114 valence electrons. The number of alkyl halides is 1. The summed E-state index contributed by atoms with van der Waals surface area (Å²) in [6.45, 7) is 2.23. The summed E-state index contributed by atoms with van der Waals surface area (Å²) < 4.78 is 1.22. The minimum absolute atomic E-state index is 1.03. The molecule has 0 spiro atoms. The second-order valence-electron chi connectivity index (χ2n) is 5.49. The minimum atomic E-state index is 1.03. The van der Waals surface area contributed by atoms with E-state index in [1.807, 2.05) is 0 Å². The zero-order valence-corrected chi connectivity index (χ0v) is 15.8. The Balaban J connectivity index is 2.03. The maximum atomic E-state index is 3.62. The van der Waals surface area contributed by atoms with Crippen molar-refractivity contribution in [1.82, 2.24) is 4.90 Å². The summed E-state index contributed by atoms with van der Waals surface area (Å²) >= 11 is 7.10. The van der Waals surface area contributed by atoms with E-state index in [-0.39, 0.29) is 0 Å². The molecule has 0 aliphatic rings. The maximum absolute atomic E-state index is 3.62. The molecule has 1 aromatic carbocycles. The van der Waals surface area contributed by atoms with E-state index in [1.165, 1.54) is 61.5 Å². The van der Waals surface area contributed by atoms with Crippen LogP contribution in [0, 0.1) is 0 Å². The molecule has 0 saturated heterocycles. The van der Waals surface area contributed by atoms with Crippen LogP contribution in [0.3, 0.4) is 0 Å². The number of unbranched alkanes of at least 4 members (excludes halogenated alkanes) is 6. The highest BCUT2D eigenvalue weighted by Gasteiger charge is 2.03. The van der Waals surface area contributed by atoms with Gasteiger partial charge >= 0.3 is 0 Å². The first-order chi connectivity index (χ1) is 9.74. The smallest absolute Gasteiger partial charge is 0.0241 e. The maximum Gasteiger partial charge on any atom is 0.0241 e. The van der Waals surface area contributed by atoms with Crippen molar-refractivity contribution in [1.29, 1.82) is 0 Å². The van der Waals surface area contributed by atoms with E-state index in [2.05, 4.69) is 68.1 Å². The summed E-state index contributed by atoms with van der Waals surface area (Å²) in [5, 5.41) is 1.16. The fraction of sp³-hybridized carbons (Fsp3) is 0.647. The zero-order valence-electron chi connectivity index (χ0n) is 12.6. The van der Waals surface area contributed by atoms with Gasteiger partial charge in [0.25, 0.3) is 0 Å². The van der Waals surface area contributed by atoms with Crippen molar-refractivity contribution in [3.63, 3.8) is 0 Å². The molecule has 0 aromatic heterocycles. The number of halogens is 2. The van der Waals surface area contributed by atoms with Crippen LogP contribution in [-0.2, 0) is 6.54 Å². The fourth-order valence-corrected chi connectivity index (χ4v) is 3.16. The van der Waals surface area contributed by atoms with Gasteiger partial charge in [-0.2, -0.15) is 0 Å². The van der Waals surface area contributed by atoms with Crippen molar-refractivity contribution in [3.05, 3.63) is 34.3 Å². The lowest BCUT2D eigenvalue weighted by atomic mass is 10.1. The van der Waals surface area contributed by atoms with Gasteiger partial charge in [-0.25, -0.2) is 0 Å². The van der Waals surface area contributed by atoms with Crippen molar-refractivity contribution in [2.75, 3.05) is 18.9 Å². The lowest BCUT2D eigenvalue weighted by molar-refractivity contribution is 0.316. The Morgan fingerprint density at radius 1 is 0.900 bits per heavy atom. The molecule has 0 fully saturated rings. The van der Waals surface area contributed by atoms with Gasteiger partial charge < -0.3 is 4.90 Å². The van der Waals surface area contributed by atoms with E-state index in [4.69, 9.17) is 0 Å². The fourth-order valence-electron chi connectivity index (χ4n) is 2.36. The van der Waals surface area contributed by atoms with Gasteiger partial charge in [-0.1, -0.05) is 82.2 Å². The third-order valence-corrected chi connectivity index (χ3v) is 4.91. The first kappa shape index (κ1) is 18.2. The molecule has 0 aliphatic heterocycles. The summed E-state index contributed by atoms with van der Waals surface area (Å²) in [4.78, 5) is 2.42. The molecular weight excluding hydrogens is 378 g/mol. The van der Waals surface area contributed by atoms with Crippen molar-refractivity contribution in [2.45, 2.75) is 51.5 Å². The topological polar surface area (TPSA) is 3.24 Å². The number of benzene rings is 1. The van der Waals surface area contributed by atoms with Crippen LogP contribution in [0.25, 0.3) is 0 Å². The first-order valence-corrected chi connectivity index (χ1v) is 9.63. The van der Waals surface area contributed by atoms with Gasteiger partial charge in [-0.05, 0) is 38.1 Å². The Bertz CT molecular complexity index is 355. The van der Waals surface area contributed by atoms with Crippen LogP contribution in [0.1, 0.15) is 50.5 Å². The predicted molar refractivity (Wildman–Crippen MR) is 96.6 cm³/mol. The summed E-state index contributed by atoms with van der Waals surface area (Å²) in [6.07, 6.45) is 9.60. The Labute approximate surface area is 141 Å². The molecule has 1 aromatic rings. The molecule has 3 heteroatoms. The predicted octanol–water partition coefficient (Wildman–Crippen LogP) is 6.01. The monoisotopic (exact) mass is 403 g/mol. The summed E-state index contributed by atoms with van der Waals surface area (Å²) in [7, 11) is 2.22. The largest absolute Gasteiger partial charge is 0.302 e. The molecular formula is C17H27Br2N. The van der Waals surface area contributed by atoms with Crippen LogP contribution in [0.4, 0.5) is 0 Å². The molecule has 0 atom stereocenters. The number of hydrogen-bond acceptors (Lipinski definition) is 1. The molecule has 0 radical (unpaired) electrons. The Morgan fingerprint density at radius 3 is 2.15 bits per heavy atom. The molecule has 0 unspecified atom stereocenters. The van der Waals surface area contributed by atoms with Crippen molar-refractivity contribution < 1.29 is 0 Å². The van der Waals surface area contributed by atoms with Gasteiger partial charge in [-0.15, -0.1) is 0 Å². The third kappa shape index (κ3) is 8.43. The second kappa shape index (κ2) is 11.8. The van der Waals surface area contributed by atoms with E-state index < -0.39 is 0 Å². The normalized spacial score (nSPS) is 11.2. The Hall–Kier alpha value is 0.140. The molecule has 0 N–H and O–H groups in total. The summed E-state index contributed by atoms with van der Waals surface area (Å²) in [5.74, 6) is 0. The molecule has 1 nitrogen and oxygen atoms in total. The molecule has 20 heavy (non-hydrogen) atoms. The van der Waals surface area contributed by atoms with Crippen LogP contribution in [0.15, 0.2) is 28.7 Å². The highest BCUT2D eigenvalue weighted by atomic mass is 79.9. The lowest BCUT2D eigenvalue weighted by Crippen LogP contribution is -2.19. The van der Waals surface area contributed by atoms with Crippen LogP contribution in [-0.4, -0.2) is 23.8 Å². The quantitative estimate of drug-likeness (QED) is 0.322. The standard InChI is InChI=1S/C17H27Br2N/c1-20(15-16-11-7-8-12-17(16)19)14-10-6-4-2-3-5-9-13-18/h7-8,11-12H,2-6,9-10,13-15H2,1H3. The highest BCUT2D eigenvalue weighted by molar-refractivity contribution is 9.10. The SMILES string of the molecule is CN(CCCCCCCCCBr)Cc1ccccc1Br. The molecule has 0 amide bonds. The van der Waals surface area contributed by atoms with Crippen LogP contribution in [0.5, 0.6) is 0 Å². The first-order valence-electron chi connectivity index (χ1n) is 7.72. The number of hydrogen-bond donors (Lipinski definition) is 0. The van der Waals surface area contributed by atoms with Crippen LogP contribution < -0.4 is 0 Å². The van der Waals surface area contributed by atoms with Crippen LogP contribution >= 0.6 is 31.9 Å². The van der Waals surface area contributed by atoms with Crippen molar-refractivity contribution in [3.8, 4) is 0 Å². The third-order valence-electron chi connectivity index (χ3n) is 3.57. The average molecular weight is 405 g/mol. The van der Waals surface area contributed by atoms with Gasteiger partial charge in [0.05, 0.1) is 0 Å². The lowest BCUT2D eigenvalue weighted by Gasteiger charge is -2.17. The molecule has 1 rings (SSSR count). The van der Waals surface area contributed by atoms with E-state index >= 15 is 0 Å². The molecule has 0 bridgehead atoms. The molecule has 0 heterocycles. The number of rotatable bonds is 11. The highest BCUT2D eigenvalue weighted by Crippen LogP contribution is 2.17. The van der Waals surface area contributed by atoms with E-state index in [0.29, 0.717) is 0 Å². The van der Waals surface area contributed by atoms with Crippen LogP contribution in [0.2, 0.25) is 0 Å². The second-order valence-corrected chi connectivity index (χ2v) is 7.14. The van der Waals surface area contributed by atoms with E-state index in [1.54, 1.807) is 0 Å².